The highest BCUT2D eigenvalue weighted by molar-refractivity contribution is 8.02. The highest BCUT2D eigenvalue weighted by Crippen LogP contribution is 2.19. The van der Waals surface area contributed by atoms with Crippen molar-refractivity contribution >= 4 is 32.6 Å². The summed E-state index contributed by atoms with van der Waals surface area (Å²) in [5.41, 5.74) is 1.10. The summed E-state index contributed by atoms with van der Waals surface area (Å²) in [5, 5.41) is 1.54. The molecule has 0 radical (unpaired) electrons. The summed E-state index contributed by atoms with van der Waals surface area (Å²) in [4.78, 5) is 14.6. The summed E-state index contributed by atoms with van der Waals surface area (Å²) in [6.45, 7) is 2.09. The van der Waals surface area contributed by atoms with Gasteiger partial charge >= 0.3 is 0 Å². The van der Waals surface area contributed by atoms with Crippen molar-refractivity contribution in [3.05, 3.63) is 59.1 Å². The molecule has 1 fully saturated rings. The van der Waals surface area contributed by atoms with Crippen molar-refractivity contribution in [2.24, 2.45) is 4.40 Å². The summed E-state index contributed by atoms with van der Waals surface area (Å²) in [7, 11) is -2.91. The second kappa shape index (κ2) is 5.91. The van der Waals surface area contributed by atoms with Gasteiger partial charge in [0, 0.05) is 24.0 Å². The third kappa shape index (κ3) is 2.45. The van der Waals surface area contributed by atoms with E-state index in [4.69, 9.17) is 0 Å². The zero-order valence-electron chi connectivity index (χ0n) is 13.2. The van der Waals surface area contributed by atoms with Gasteiger partial charge in [-0.3, -0.25) is 4.79 Å². The molecule has 0 spiro atoms. The van der Waals surface area contributed by atoms with Crippen molar-refractivity contribution in [3.63, 3.8) is 0 Å². The SMILES string of the molecule is O=CC1=S(=O)(c2ccccc2)N=c2cc(N3CCCC3)ccc2=C1. The largest absolute Gasteiger partial charge is 0.371 e. The molecular weight excluding hydrogens is 320 g/mol. The molecule has 0 aromatic heterocycles. The monoisotopic (exact) mass is 338 g/mol. The van der Waals surface area contributed by atoms with Crippen LogP contribution >= 0.6 is 0 Å². The smallest absolute Gasteiger partial charge is 0.160 e. The average molecular weight is 338 g/mol. The summed E-state index contributed by atoms with van der Waals surface area (Å²) < 4.78 is 18.0. The standard InChI is InChI=1S/C19H18N2O2S/c22-14-18-12-15-8-9-16(21-10-4-5-11-21)13-19(15)20-24(18,23)17-6-2-1-3-7-17/h1-3,6-9,12-14H,4-5,10-11H2. The summed E-state index contributed by atoms with van der Waals surface area (Å²) in [6.07, 6.45) is 4.77. The van der Waals surface area contributed by atoms with E-state index in [2.05, 4.69) is 9.30 Å². The third-order valence-corrected chi connectivity index (χ3v) is 6.73. The number of hydrogen-bond donors (Lipinski definition) is 0. The van der Waals surface area contributed by atoms with Gasteiger partial charge in [-0.1, -0.05) is 24.3 Å². The lowest BCUT2D eigenvalue weighted by molar-refractivity contribution is -0.102. The maximum atomic E-state index is 13.5. The van der Waals surface area contributed by atoms with Crippen LogP contribution < -0.4 is 15.5 Å². The minimum atomic E-state index is -2.91. The van der Waals surface area contributed by atoms with Gasteiger partial charge in [0.05, 0.1) is 15.1 Å². The molecular formula is C19H18N2O2S. The highest BCUT2D eigenvalue weighted by Gasteiger charge is 2.19. The fourth-order valence-electron chi connectivity index (χ4n) is 3.22. The predicted molar refractivity (Wildman–Crippen MR) is 97.1 cm³/mol. The second-order valence-corrected chi connectivity index (χ2v) is 8.21. The van der Waals surface area contributed by atoms with Gasteiger partial charge in [-0.05, 0) is 43.2 Å². The first kappa shape index (κ1) is 15.1. The Morgan fingerprint density at radius 2 is 1.79 bits per heavy atom. The molecule has 0 saturated carbocycles. The maximum absolute atomic E-state index is 13.5. The van der Waals surface area contributed by atoms with Crippen LogP contribution in [0.1, 0.15) is 12.8 Å². The van der Waals surface area contributed by atoms with E-state index >= 15 is 0 Å². The number of benzene rings is 2. The first-order valence-corrected chi connectivity index (χ1v) is 9.60. The Hall–Kier alpha value is -2.40. The molecule has 1 saturated heterocycles. The number of aldehydes is 1. The van der Waals surface area contributed by atoms with Crippen molar-refractivity contribution in [1.29, 1.82) is 0 Å². The number of rotatable bonds is 3. The summed E-state index contributed by atoms with van der Waals surface area (Å²) in [5.74, 6) is 0. The van der Waals surface area contributed by atoms with Gasteiger partial charge in [-0.25, -0.2) is 4.21 Å². The van der Waals surface area contributed by atoms with Gasteiger partial charge < -0.3 is 4.90 Å². The van der Waals surface area contributed by atoms with Crippen LogP contribution in [0, 0.1) is 0 Å². The van der Waals surface area contributed by atoms with E-state index in [9.17, 15) is 9.00 Å². The Kier molecular flexibility index (Phi) is 3.73. The molecule has 0 N–H and O–H groups in total. The number of carbonyl (C=O) groups is 1. The number of nitrogens with zero attached hydrogens (tertiary/aromatic N) is 2. The Bertz CT molecular complexity index is 1030. The first-order valence-electron chi connectivity index (χ1n) is 8.09. The summed E-state index contributed by atoms with van der Waals surface area (Å²) in [6, 6.07) is 15.0. The van der Waals surface area contributed by atoms with E-state index in [1.54, 1.807) is 18.2 Å². The fourth-order valence-corrected chi connectivity index (χ4v) is 5.08. The quantitative estimate of drug-likeness (QED) is 0.627. The van der Waals surface area contributed by atoms with E-state index < -0.39 is 9.71 Å². The fraction of sp³-hybridized carbons (Fsp3) is 0.211. The zero-order chi connectivity index (χ0) is 16.6. The molecule has 4 rings (SSSR count). The van der Waals surface area contributed by atoms with Crippen LogP contribution in [-0.4, -0.2) is 28.4 Å². The van der Waals surface area contributed by atoms with E-state index in [-0.39, 0.29) is 4.86 Å². The van der Waals surface area contributed by atoms with Gasteiger partial charge in [-0.15, -0.1) is 0 Å². The van der Waals surface area contributed by atoms with E-state index in [1.165, 1.54) is 12.8 Å². The van der Waals surface area contributed by atoms with Crippen molar-refractivity contribution in [2.75, 3.05) is 18.0 Å². The molecule has 0 amide bonds. The Morgan fingerprint density at radius 3 is 2.50 bits per heavy atom. The number of fused-ring (bicyclic) bond motifs is 1. The van der Waals surface area contributed by atoms with Crippen LogP contribution in [-0.2, 0) is 14.5 Å². The van der Waals surface area contributed by atoms with E-state index in [0.717, 1.165) is 24.0 Å². The maximum Gasteiger partial charge on any atom is 0.160 e. The molecule has 0 bridgehead atoms. The number of hydrogen-bond acceptors (Lipinski definition) is 3. The highest BCUT2D eigenvalue weighted by atomic mass is 32.2. The van der Waals surface area contributed by atoms with Gasteiger partial charge in [0.2, 0.25) is 0 Å². The van der Waals surface area contributed by atoms with Crippen LogP contribution in [0.2, 0.25) is 0 Å². The number of carbonyl (C=O) groups excluding carboxylic acids is 1. The van der Waals surface area contributed by atoms with E-state index in [1.807, 2.05) is 36.4 Å². The van der Waals surface area contributed by atoms with Crippen LogP contribution in [0.15, 0.2) is 57.8 Å². The van der Waals surface area contributed by atoms with Crippen LogP contribution in [0.4, 0.5) is 5.69 Å². The van der Waals surface area contributed by atoms with Crippen molar-refractivity contribution in [1.82, 2.24) is 0 Å². The van der Waals surface area contributed by atoms with Gasteiger partial charge in [0.15, 0.2) is 6.29 Å². The van der Waals surface area contributed by atoms with Crippen molar-refractivity contribution < 1.29 is 9.00 Å². The molecule has 2 aliphatic heterocycles. The molecule has 2 aromatic carbocycles. The minimum Gasteiger partial charge on any atom is -0.371 e. The molecule has 1 atom stereocenters. The van der Waals surface area contributed by atoms with Gasteiger partial charge in [0.1, 0.15) is 9.71 Å². The lowest BCUT2D eigenvalue weighted by atomic mass is 10.2. The van der Waals surface area contributed by atoms with Gasteiger partial charge in [0.25, 0.3) is 0 Å². The molecule has 4 nitrogen and oxygen atoms in total. The lowest BCUT2D eigenvalue weighted by Gasteiger charge is -2.18. The molecule has 24 heavy (non-hydrogen) atoms. The van der Waals surface area contributed by atoms with Crippen molar-refractivity contribution in [2.45, 2.75) is 17.7 Å². The topological polar surface area (TPSA) is 49.7 Å². The Balaban J connectivity index is 1.94. The molecule has 2 aromatic rings. The minimum absolute atomic E-state index is 0.232. The Labute approximate surface area is 141 Å². The molecule has 5 heteroatoms. The molecule has 122 valence electrons. The normalized spacial score (nSPS) is 22.5. The first-order chi connectivity index (χ1) is 11.7. The average Bonchev–Trinajstić information content (AvgIpc) is 3.16. The molecule has 1 unspecified atom stereocenters. The molecule has 2 aliphatic rings. The lowest BCUT2D eigenvalue weighted by Crippen LogP contribution is -2.34. The molecule has 2 heterocycles. The second-order valence-electron chi connectivity index (χ2n) is 6.03. The van der Waals surface area contributed by atoms with E-state index in [0.29, 0.717) is 16.5 Å². The third-order valence-electron chi connectivity index (χ3n) is 4.51. The van der Waals surface area contributed by atoms with Crippen molar-refractivity contribution in [3.8, 4) is 0 Å². The van der Waals surface area contributed by atoms with Gasteiger partial charge in [-0.2, -0.15) is 4.40 Å². The molecule has 0 aliphatic carbocycles. The summed E-state index contributed by atoms with van der Waals surface area (Å²) >= 11 is 0. The van der Waals surface area contributed by atoms with Crippen LogP contribution in [0.25, 0.3) is 6.08 Å². The predicted octanol–water partition coefficient (Wildman–Crippen LogP) is 1.33. The number of anilines is 1. The zero-order valence-corrected chi connectivity index (χ0v) is 14.0. The van der Waals surface area contributed by atoms with Crippen LogP contribution in [0.5, 0.6) is 0 Å². The van der Waals surface area contributed by atoms with Crippen LogP contribution in [0.3, 0.4) is 0 Å². The Morgan fingerprint density at radius 1 is 1.04 bits per heavy atom.